The first kappa shape index (κ1) is 18.8. The average Bonchev–Trinajstić information content (AvgIpc) is 2.61. The maximum atomic E-state index is 12.3. The van der Waals surface area contributed by atoms with Crippen LogP contribution in [0.25, 0.3) is 0 Å². The molecule has 1 amide bonds. The molecule has 7 nitrogen and oxygen atoms in total. The van der Waals surface area contributed by atoms with Gasteiger partial charge >= 0.3 is 0 Å². The van der Waals surface area contributed by atoms with E-state index < -0.39 is 15.9 Å². The van der Waals surface area contributed by atoms with Crippen LogP contribution in [0, 0.1) is 6.92 Å². The van der Waals surface area contributed by atoms with Crippen molar-refractivity contribution in [1.29, 1.82) is 0 Å². The van der Waals surface area contributed by atoms with Crippen LogP contribution in [0.15, 0.2) is 47.4 Å². The second-order valence-electron chi connectivity index (χ2n) is 5.20. The van der Waals surface area contributed by atoms with Crippen molar-refractivity contribution < 1.29 is 22.7 Å². The molecule has 0 aliphatic carbocycles. The summed E-state index contributed by atoms with van der Waals surface area (Å²) in [5.74, 6) is 0.242. The topological polar surface area (TPSA) is 93.7 Å². The summed E-state index contributed by atoms with van der Waals surface area (Å²) in [7, 11) is -0.989. The molecule has 0 aliphatic rings. The quantitative estimate of drug-likeness (QED) is 0.783. The molecule has 0 aromatic heterocycles. The van der Waals surface area contributed by atoms with Gasteiger partial charge in [-0.15, -0.1) is 0 Å². The predicted molar refractivity (Wildman–Crippen MR) is 94.5 cm³/mol. The molecule has 0 bridgehead atoms. The van der Waals surface area contributed by atoms with Crippen LogP contribution in [-0.2, 0) is 14.8 Å². The molecule has 0 spiro atoms. The first-order valence-corrected chi connectivity index (χ1v) is 8.93. The van der Waals surface area contributed by atoms with Gasteiger partial charge in [0.05, 0.1) is 25.7 Å². The average molecular weight is 364 g/mol. The normalized spacial score (nSPS) is 11.0. The lowest BCUT2D eigenvalue weighted by Crippen LogP contribution is -2.33. The van der Waals surface area contributed by atoms with Crippen molar-refractivity contribution in [3.8, 4) is 11.5 Å². The number of benzene rings is 2. The van der Waals surface area contributed by atoms with E-state index in [0.29, 0.717) is 11.4 Å². The van der Waals surface area contributed by atoms with E-state index in [9.17, 15) is 13.2 Å². The minimum absolute atomic E-state index is 0.0196. The molecule has 0 saturated heterocycles. The lowest BCUT2D eigenvalue weighted by molar-refractivity contribution is -0.115. The lowest BCUT2D eigenvalue weighted by Gasteiger charge is -2.11. The Hall–Kier alpha value is -2.58. The second kappa shape index (κ2) is 8.00. The Bertz CT molecular complexity index is 865. The highest BCUT2D eigenvalue weighted by Gasteiger charge is 2.18. The molecule has 0 radical (unpaired) electrons. The van der Waals surface area contributed by atoms with Gasteiger partial charge in [-0.05, 0) is 30.7 Å². The summed E-state index contributed by atoms with van der Waals surface area (Å²) in [4.78, 5) is 12.0. The molecule has 8 heteroatoms. The third-order valence-corrected chi connectivity index (χ3v) is 4.91. The van der Waals surface area contributed by atoms with Crippen LogP contribution in [-0.4, -0.2) is 35.1 Å². The highest BCUT2D eigenvalue weighted by molar-refractivity contribution is 7.89. The molecule has 0 aliphatic heterocycles. The number of carbonyl (C=O) groups excluding carboxylic acids is 1. The zero-order valence-corrected chi connectivity index (χ0v) is 15.0. The number of para-hydroxylation sites is 1. The molecule has 2 N–H and O–H groups in total. The number of hydrogen-bond acceptors (Lipinski definition) is 5. The zero-order valence-electron chi connectivity index (χ0n) is 14.2. The fourth-order valence-electron chi connectivity index (χ4n) is 2.14. The number of sulfonamides is 1. The summed E-state index contributed by atoms with van der Waals surface area (Å²) in [5.41, 5.74) is 1.52. The van der Waals surface area contributed by atoms with E-state index in [-0.39, 0.29) is 17.2 Å². The van der Waals surface area contributed by atoms with E-state index >= 15 is 0 Å². The van der Waals surface area contributed by atoms with Crippen molar-refractivity contribution in [2.75, 3.05) is 26.1 Å². The Morgan fingerprint density at radius 1 is 1.04 bits per heavy atom. The molecule has 0 unspecified atom stereocenters. The van der Waals surface area contributed by atoms with E-state index in [1.807, 2.05) is 19.1 Å². The predicted octanol–water partition coefficient (Wildman–Crippen LogP) is 1.93. The molecular formula is C17H20N2O5S. The Morgan fingerprint density at radius 2 is 1.72 bits per heavy atom. The van der Waals surface area contributed by atoms with Crippen molar-refractivity contribution in [2.24, 2.45) is 0 Å². The third kappa shape index (κ3) is 4.71. The van der Waals surface area contributed by atoms with E-state index in [0.717, 1.165) is 5.56 Å². The third-order valence-electron chi connectivity index (χ3n) is 3.51. The number of methoxy groups -OCH3 is 2. The second-order valence-corrected chi connectivity index (χ2v) is 6.97. The van der Waals surface area contributed by atoms with Crippen LogP contribution in [0.3, 0.4) is 0 Å². The number of ether oxygens (including phenoxy) is 2. The maximum absolute atomic E-state index is 12.3. The van der Waals surface area contributed by atoms with Gasteiger partial charge in [-0.25, -0.2) is 13.1 Å². The van der Waals surface area contributed by atoms with E-state index in [2.05, 4.69) is 10.0 Å². The van der Waals surface area contributed by atoms with Gasteiger partial charge in [0.2, 0.25) is 15.9 Å². The number of hydrogen-bond donors (Lipinski definition) is 2. The molecule has 2 aromatic rings. The molecule has 2 aromatic carbocycles. The van der Waals surface area contributed by atoms with Gasteiger partial charge in [0.15, 0.2) is 11.5 Å². The summed E-state index contributed by atoms with van der Waals surface area (Å²) in [5, 5.41) is 2.66. The van der Waals surface area contributed by atoms with Crippen LogP contribution < -0.4 is 19.5 Å². The molecule has 25 heavy (non-hydrogen) atoms. The summed E-state index contributed by atoms with van der Waals surface area (Å²) < 4.78 is 37.1. The lowest BCUT2D eigenvalue weighted by atomic mass is 10.2. The van der Waals surface area contributed by atoms with Crippen molar-refractivity contribution in [3.63, 3.8) is 0 Å². The molecule has 0 atom stereocenters. The standard InChI is InChI=1S/C17H20N2O5S/c1-12-6-4-5-7-14(12)19-17(20)11-18-25(21,22)13-8-9-15(23-2)16(10-13)24-3/h4-10,18H,11H2,1-3H3,(H,19,20). The summed E-state index contributed by atoms with van der Waals surface area (Å²) >= 11 is 0. The van der Waals surface area contributed by atoms with Gasteiger partial charge in [-0.2, -0.15) is 0 Å². The fourth-order valence-corrected chi connectivity index (χ4v) is 3.13. The smallest absolute Gasteiger partial charge is 0.241 e. The highest BCUT2D eigenvalue weighted by atomic mass is 32.2. The Kier molecular flexibility index (Phi) is 6.00. The summed E-state index contributed by atoms with van der Waals surface area (Å²) in [6.45, 7) is 1.47. The maximum Gasteiger partial charge on any atom is 0.241 e. The molecule has 0 heterocycles. The van der Waals surface area contributed by atoms with Crippen LogP contribution in [0.5, 0.6) is 11.5 Å². The number of aryl methyl sites for hydroxylation is 1. The Balaban J connectivity index is 2.06. The van der Waals surface area contributed by atoms with Crippen molar-refractivity contribution in [3.05, 3.63) is 48.0 Å². The van der Waals surface area contributed by atoms with Crippen molar-refractivity contribution in [2.45, 2.75) is 11.8 Å². The van der Waals surface area contributed by atoms with Crippen LogP contribution in [0.2, 0.25) is 0 Å². The van der Waals surface area contributed by atoms with Gasteiger partial charge in [0, 0.05) is 11.8 Å². The van der Waals surface area contributed by atoms with Crippen LogP contribution >= 0.6 is 0 Å². The van der Waals surface area contributed by atoms with E-state index in [4.69, 9.17) is 9.47 Å². The van der Waals surface area contributed by atoms with Crippen molar-refractivity contribution in [1.82, 2.24) is 4.72 Å². The molecular weight excluding hydrogens is 344 g/mol. The van der Waals surface area contributed by atoms with E-state index in [1.54, 1.807) is 12.1 Å². The monoisotopic (exact) mass is 364 g/mol. The van der Waals surface area contributed by atoms with Gasteiger partial charge in [0.1, 0.15) is 0 Å². The number of nitrogens with one attached hydrogen (secondary N) is 2. The summed E-state index contributed by atoms with van der Waals surface area (Å²) in [6.07, 6.45) is 0. The van der Waals surface area contributed by atoms with Crippen LogP contribution in [0.1, 0.15) is 5.56 Å². The SMILES string of the molecule is COc1ccc(S(=O)(=O)NCC(=O)Nc2ccccc2C)cc1OC. The highest BCUT2D eigenvalue weighted by Crippen LogP contribution is 2.29. The number of carbonyl (C=O) groups is 1. The largest absolute Gasteiger partial charge is 0.493 e. The molecule has 0 saturated carbocycles. The van der Waals surface area contributed by atoms with E-state index in [1.165, 1.54) is 32.4 Å². The summed E-state index contributed by atoms with van der Waals surface area (Å²) in [6, 6.07) is 11.4. The van der Waals surface area contributed by atoms with Gasteiger partial charge in [-0.1, -0.05) is 18.2 Å². The van der Waals surface area contributed by atoms with Gasteiger partial charge in [-0.3, -0.25) is 4.79 Å². The fraction of sp³-hybridized carbons (Fsp3) is 0.235. The minimum atomic E-state index is -3.86. The number of anilines is 1. The van der Waals surface area contributed by atoms with Crippen LogP contribution in [0.4, 0.5) is 5.69 Å². The Morgan fingerprint density at radius 3 is 2.36 bits per heavy atom. The van der Waals surface area contributed by atoms with Crippen molar-refractivity contribution >= 4 is 21.6 Å². The molecule has 0 fully saturated rings. The zero-order chi connectivity index (χ0) is 18.4. The number of rotatable bonds is 7. The van der Waals surface area contributed by atoms with Gasteiger partial charge in [0.25, 0.3) is 0 Å². The molecule has 134 valence electrons. The van der Waals surface area contributed by atoms with Gasteiger partial charge < -0.3 is 14.8 Å². The minimum Gasteiger partial charge on any atom is -0.493 e. The molecule has 2 rings (SSSR count). The number of amides is 1. The first-order valence-electron chi connectivity index (χ1n) is 7.44. The first-order chi connectivity index (χ1) is 11.9. The Labute approximate surface area is 147 Å².